The second-order valence-corrected chi connectivity index (χ2v) is 8.66. The molecule has 9 heteroatoms. The van der Waals surface area contributed by atoms with E-state index in [-0.39, 0.29) is 11.6 Å². The molecule has 174 valence electrons. The fourth-order valence-electron chi connectivity index (χ4n) is 4.48. The van der Waals surface area contributed by atoms with Crippen LogP contribution in [0.25, 0.3) is 0 Å². The van der Waals surface area contributed by atoms with E-state index >= 15 is 4.39 Å². The number of hydrogen-bond donors (Lipinski definition) is 2. The highest BCUT2D eigenvalue weighted by atomic mass is 19.1. The molecular formula is C24H27FN4O4. The zero-order valence-electron chi connectivity index (χ0n) is 18.6. The maximum Gasteiger partial charge on any atom is 0.284 e. The summed E-state index contributed by atoms with van der Waals surface area (Å²) in [4.78, 5) is 24.3. The molecule has 2 N–H and O–H groups in total. The second kappa shape index (κ2) is 8.57. The standard InChI is InChI=1S/C24H27FN4O4/c1-15-14-32-23-20-17(12-19(25)21(23)28-10-8-27(2)9-11-28)22(30)18(13-29(15)20)24(31)26-33-16-6-4-3-5-7-16/h3-7,12-13,15,22,30H,8-11,14H2,1-2H3,(H,26,31). The Balaban J connectivity index is 1.48. The van der Waals surface area contributed by atoms with Gasteiger partial charge in [0.15, 0.2) is 17.3 Å². The molecule has 2 unspecified atom stereocenters. The number of hydrogen-bond acceptors (Lipinski definition) is 7. The van der Waals surface area contributed by atoms with Gasteiger partial charge in [-0.3, -0.25) is 4.79 Å². The van der Waals surface area contributed by atoms with E-state index in [0.29, 0.717) is 48.1 Å². The van der Waals surface area contributed by atoms with Gasteiger partial charge in [-0.25, -0.2) is 4.39 Å². The molecule has 3 aliphatic rings. The van der Waals surface area contributed by atoms with Crippen molar-refractivity contribution in [3.8, 4) is 11.5 Å². The number of hydroxylamine groups is 1. The SMILES string of the molecule is CC1COc2c(N3CCN(C)CC3)c(F)cc3c2N1C=C(C(=O)NOc1ccccc1)C3O. The third-order valence-electron chi connectivity index (χ3n) is 6.37. The molecule has 2 aromatic rings. The number of carbonyl (C=O) groups excluding carboxylic acids is 1. The third kappa shape index (κ3) is 3.87. The Hall–Kier alpha value is -3.30. The summed E-state index contributed by atoms with van der Waals surface area (Å²) >= 11 is 0. The largest absolute Gasteiger partial charge is 0.487 e. The Morgan fingerprint density at radius 1 is 1.18 bits per heavy atom. The van der Waals surface area contributed by atoms with Crippen molar-refractivity contribution in [3.05, 3.63) is 59.6 Å². The van der Waals surface area contributed by atoms with Crippen molar-refractivity contribution in [1.29, 1.82) is 0 Å². The fourth-order valence-corrected chi connectivity index (χ4v) is 4.48. The van der Waals surface area contributed by atoms with E-state index in [9.17, 15) is 9.90 Å². The van der Waals surface area contributed by atoms with Crippen molar-refractivity contribution >= 4 is 17.3 Å². The smallest absolute Gasteiger partial charge is 0.284 e. The molecule has 1 fully saturated rings. The number of aliphatic hydroxyl groups excluding tert-OH is 1. The van der Waals surface area contributed by atoms with Gasteiger partial charge >= 0.3 is 0 Å². The van der Waals surface area contributed by atoms with Crippen molar-refractivity contribution in [2.75, 3.05) is 49.6 Å². The molecule has 0 spiro atoms. The van der Waals surface area contributed by atoms with Crippen LogP contribution in [0.1, 0.15) is 18.6 Å². The fraction of sp³-hybridized carbons (Fsp3) is 0.375. The van der Waals surface area contributed by atoms with E-state index in [0.717, 1.165) is 13.1 Å². The van der Waals surface area contributed by atoms with Crippen LogP contribution in [-0.2, 0) is 4.79 Å². The summed E-state index contributed by atoms with van der Waals surface area (Å²) in [7, 11) is 2.04. The average molecular weight is 455 g/mol. The van der Waals surface area contributed by atoms with Crippen molar-refractivity contribution in [3.63, 3.8) is 0 Å². The van der Waals surface area contributed by atoms with E-state index in [1.165, 1.54) is 6.07 Å². The van der Waals surface area contributed by atoms with Crippen LogP contribution < -0.4 is 24.9 Å². The molecule has 3 heterocycles. The van der Waals surface area contributed by atoms with E-state index < -0.39 is 17.8 Å². The molecule has 2 aromatic carbocycles. The van der Waals surface area contributed by atoms with Gasteiger partial charge in [-0.1, -0.05) is 18.2 Å². The van der Waals surface area contributed by atoms with Gasteiger partial charge in [-0.15, -0.1) is 0 Å². The van der Waals surface area contributed by atoms with Crippen LogP contribution in [0.5, 0.6) is 11.5 Å². The molecule has 0 aliphatic carbocycles. The number of anilines is 2. The second-order valence-electron chi connectivity index (χ2n) is 8.66. The van der Waals surface area contributed by atoms with Gasteiger partial charge in [0.2, 0.25) is 0 Å². The first kappa shape index (κ1) is 21.5. The van der Waals surface area contributed by atoms with E-state index in [2.05, 4.69) is 10.4 Å². The first-order chi connectivity index (χ1) is 15.9. The lowest BCUT2D eigenvalue weighted by Crippen LogP contribution is -2.46. The summed E-state index contributed by atoms with van der Waals surface area (Å²) in [6, 6.07) is 10.0. The minimum Gasteiger partial charge on any atom is -0.487 e. The number of nitrogens with one attached hydrogen (secondary N) is 1. The molecule has 0 radical (unpaired) electrons. The van der Waals surface area contributed by atoms with Crippen LogP contribution in [0.4, 0.5) is 15.8 Å². The molecule has 0 saturated carbocycles. The van der Waals surface area contributed by atoms with Crippen molar-refractivity contribution < 1.29 is 23.9 Å². The van der Waals surface area contributed by atoms with Crippen LogP contribution in [0, 0.1) is 5.82 Å². The maximum absolute atomic E-state index is 15.4. The minimum absolute atomic E-state index is 0.0740. The van der Waals surface area contributed by atoms with Crippen molar-refractivity contribution in [2.24, 2.45) is 0 Å². The number of para-hydroxylation sites is 1. The predicted octanol–water partition coefficient (Wildman–Crippen LogP) is 2.21. The number of halogens is 1. The van der Waals surface area contributed by atoms with Crippen LogP contribution in [0.2, 0.25) is 0 Å². The Kier molecular flexibility index (Phi) is 5.59. The Labute approximate surface area is 191 Å². The van der Waals surface area contributed by atoms with Crippen LogP contribution >= 0.6 is 0 Å². The van der Waals surface area contributed by atoms with Gasteiger partial charge < -0.3 is 29.4 Å². The van der Waals surface area contributed by atoms with Gasteiger partial charge in [-0.2, -0.15) is 5.48 Å². The highest BCUT2D eigenvalue weighted by molar-refractivity contribution is 5.97. The van der Waals surface area contributed by atoms with Crippen LogP contribution in [0.3, 0.4) is 0 Å². The molecule has 1 saturated heterocycles. The lowest BCUT2D eigenvalue weighted by atomic mass is 9.92. The van der Waals surface area contributed by atoms with Crippen LogP contribution in [-0.4, -0.2) is 61.8 Å². The number of amides is 1. The topological polar surface area (TPSA) is 77.5 Å². The number of piperazine rings is 1. The zero-order valence-corrected chi connectivity index (χ0v) is 18.6. The summed E-state index contributed by atoms with van der Waals surface area (Å²) in [6.07, 6.45) is 0.290. The molecule has 1 amide bonds. The number of aliphatic hydroxyl groups is 1. The van der Waals surface area contributed by atoms with Gasteiger partial charge in [0.1, 0.15) is 18.4 Å². The zero-order chi connectivity index (χ0) is 23.1. The molecule has 2 atom stereocenters. The first-order valence-corrected chi connectivity index (χ1v) is 11.1. The van der Waals surface area contributed by atoms with Crippen LogP contribution in [0.15, 0.2) is 48.2 Å². The number of ether oxygens (including phenoxy) is 1. The first-order valence-electron chi connectivity index (χ1n) is 11.1. The normalized spacial score (nSPS) is 22.2. The quantitative estimate of drug-likeness (QED) is 0.686. The summed E-state index contributed by atoms with van der Waals surface area (Å²) in [5.41, 5.74) is 3.78. The number of carbonyl (C=O) groups is 1. The lowest BCUT2D eigenvalue weighted by molar-refractivity contribution is -0.124. The highest BCUT2D eigenvalue weighted by Crippen LogP contribution is 2.51. The highest BCUT2D eigenvalue weighted by Gasteiger charge is 2.40. The summed E-state index contributed by atoms with van der Waals surface area (Å²) in [6.45, 7) is 5.30. The minimum atomic E-state index is -1.32. The van der Waals surface area contributed by atoms with Gasteiger partial charge in [0, 0.05) is 37.9 Å². The summed E-state index contributed by atoms with van der Waals surface area (Å²) in [5, 5.41) is 11.0. The Morgan fingerprint density at radius 3 is 2.64 bits per heavy atom. The van der Waals surface area contributed by atoms with E-state index in [1.807, 2.05) is 29.8 Å². The number of benzene rings is 2. The molecule has 33 heavy (non-hydrogen) atoms. The number of rotatable bonds is 4. The van der Waals surface area contributed by atoms with Crippen molar-refractivity contribution in [1.82, 2.24) is 10.4 Å². The van der Waals surface area contributed by atoms with E-state index in [4.69, 9.17) is 9.57 Å². The Morgan fingerprint density at radius 2 is 1.91 bits per heavy atom. The molecule has 5 rings (SSSR count). The molecular weight excluding hydrogens is 427 g/mol. The molecule has 0 aromatic heterocycles. The molecule has 8 nitrogen and oxygen atoms in total. The average Bonchev–Trinajstić information content (AvgIpc) is 2.82. The van der Waals surface area contributed by atoms with E-state index in [1.54, 1.807) is 30.5 Å². The predicted molar refractivity (Wildman–Crippen MR) is 122 cm³/mol. The molecule has 0 bridgehead atoms. The number of nitrogens with zero attached hydrogens (tertiary/aromatic N) is 3. The van der Waals surface area contributed by atoms with Gasteiger partial charge in [0.05, 0.1) is 17.3 Å². The number of likely N-dealkylation sites (N-methyl/N-ethyl adjacent to an activating group) is 1. The van der Waals surface area contributed by atoms with Gasteiger partial charge in [-0.05, 0) is 32.2 Å². The maximum atomic E-state index is 15.4. The Bertz CT molecular complexity index is 1090. The third-order valence-corrected chi connectivity index (χ3v) is 6.37. The summed E-state index contributed by atoms with van der Waals surface area (Å²) in [5.74, 6) is -0.185. The monoisotopic (exact) mass is 454 g/mol. The molecule has 3 aliphatic heterocycles. The van der Waals surface area contributed by atoms with Crippen molar-refractivity contribution in [2.45, 2.75) is 19.1 Å². The lowest BCUT2D eigenvalue weighted by Gasteiger charge is -2.43. The van der Waals surface area contributed by atoms with Gasteiger partial charge in [0.25, 0.3) is 5.91 Å². The summed E-state index contributed by atoms with van der Waals surface area (Å²) < 4.78 is 21.4.